The van der Waals surface area contributed by atoms with Crippen molar-refractivity contribution >= 4 is 0 Å². The highest BCUT2D eigenvalue weighted by Gasteiger charge is 2.41. The van der Waals surface area contributed by atoms with Crippen molar-refractivity contribution in [3.05, 3.63) is 70.5 Å². The molecule has 112 valence electrons. The predicted octanol–water partition coefficient (Wildman–Crippen LogP) is 4.66. The maximum atomic E-state index is 13.3. The van der Waals surface area contributed by atoms with Gasteiger partial charge in [0.1, 0.15) is 11.4 Å². The van der Waals surface area contributed by atoms with Crippen molar-refractivity contribution in [3.8, 4) is 6.07 Å². The molecule has 1 atom stereocenters. The molecule has 0 N–H and O–H groups in total. The molecule has 1 heterocycles. The van der Waals surface area contributed by atoms with Gasteiger partial charge in [0.05, 0.1) is 18.2 Å². The van der Waals surface area contributed by atoms with Crippen LogP contribution < -0.4 is 0 Å². The first kappa shape index (κ1) is 14.7. The maximum absolute atomic E-state index is 13.3. The van der Waals surface area contributed by atoms with Crippen molar-refractivity contribution in [2.45, 2.75) is 38.4 Å². The molecule has 0 aromatic heterocycles. The summed E-state index contributed by atoms with van der Waals surface area (Å²) in [7, 11) is 0. The average molecular weight is 295 g/mol. The van der Waals surface area contributed by atoms with Gasteiger partial charge in [0.2, 0.25) is 0 Å². The summed E-state index contributed by atoms with van der Waals surface area (Å²) in [5.74, 6) is -0.243. The Morgan fingerprint density at radius 1 is 1.23 bits per heavy atom. The quantitative estimate of drug-likeness (QED) is 0.821. The fourth-order valence-corrected chi connectivity index (χ4v) is 3.19. The van der Waals surface area contributed by atoms with Crippen molar-refractivity contribution in [1.82, 2.24) is 0 Å². The van der Waals surface area contributed by atoms with Gasteiger partial charge in [-0.2, -0.15) is 5.26 Å². The van der Waals surface area contributed by atoms with Crippen LogP contribution in [0.4, 0.5) is 4.39 Å². The van der Waals surface area contributed by atoms with Crippen LogP contribution >= 0.6 is 0 Å². The number of fused-ring (bicyclic) bond motifs is 1. The smallest absolute Gasteiger partial charge is 0.123 e. The Morgan fingerprint density at radius 3 is 2.68 bits per heavy atom. The third-order valence-corrected chi connectivity index (χ3v) is 4.34. The van der Waals surface area contributed by atoms with E-state index in [0.29, 0.717) is 12.2 Å². The summed E-state index contributed by atoms with van der Waals surface area (Å²) >= 11 is 0. The lowest BCUT2D eigenvalue weighted by Crippen LogP contribution is -2.27. The Morgan fingerprint density at radius 2 is 2.00 bits per heavy atom. The van der Waals surface area contributed by atoms with Crippen LogP contribution in [0.3, 0.4) is 0 Å². The van der Waals surface area contributed by atoms with Gasteiger partial charge in [-0.1, -0.05) is 38.0 Å². The van der Waals surface area contributed by atoms with Gasteiger partial charge in [-0.15, -0.1) is 0 Å². The van der Waals surface area contributed by atoms with Gasteiger partial charge in [-0.05, 0) is 47.4 Å². The van der Waals surface area contributed by atoms with Crippen LogP contribution in [-0.4, -0.2) is 0 Å². The predicted molar refractivity (Wildman–Crippen MR) is 82.7 cm³/mol. The molecule has 0 saturated carbocycles. The first-order valence-corrected chi connectivity index (χ1v) is 7.63. The molecular formula is C19H18FNO. The van der Waals surface area contributed by atoms with Gasteiger partial charge in [0, 0.05) is 0 Å². The zero-order valence-corrected chi connectivity index (χ0v) is 12.6. The number of ether oxygens (including phenoxy) is 1. The molecule has 2 nitrogen and oxygen atoms in total. The largest absolute Gasteiger partial charge is 0.361 e. The number of rotatable bonds is 4. The molecule has 0 fully saturated rings. The fourth-order valence-electron chi connectivity index (χ4n) is 3.19. The highest BCUT2D eigenvalue weighted by molar-refractivity contribution is 5.47. The van der Waals surface area contributed by atoms with Gasteiger partial charge in [-0.25, -0.2) is 4.39 Å². The molecule has 0 spiro atoms. The standard InChI is InChI=1S/C19H18FNO/c1-2-3-10-19(16-5-7-17(20)8-6-16)18-9-4-14(12-21)11-15(18)13-22-19/h4-9,11H,2-3,10,13H2,1H3. The Labute approximate surface area is 130 Å². The van der Waals surface area contributed by atoms with E-state index in [4.69, 9.17) is 10.00 Å². The van der Waals surface area contributed by atoms with E-state index in [2.05, 4.69) is 13.0 Å². The van der Waals surface area contributed by atoms with Gasteiger partial charge in [0.15, 0.2) is 0 Å². The molecule has 0 bridgehead atoms. The Kier molecular flexibility index (Phi) is 3.96. The number of halogens is 1. The van der Waals surface area contributed by atoms with E-state index in [1.54, 1.807) is 12.1 Å². The first-order chi connectivity index (χ1) is 10.7. The third kappa shape index (κ3) is 2.40. The van der Waals surface area contributed by atoms with E-state index >= 15 is 0 Å². The van der Waals surface area contributed by atoms with Crippen LogP contribution in [0.2, 0.25) is 0 Å². The molecule has 1 aliphatic rings. The lowest BCUT2D eigenvalue weighted by molar-refractivity contribution is -0.0131. The molecule has 0 aliphatic carbocycles. The molecule has 1 unspecified atom stereocenters. The second-order valence-corrected chi connectivity index (χ2v) is 5.71. The molecule has 2 aromatic rings. The van der Waals surface area contributed by atoms with E-state index < -0.39 is 5.60 Å². The lowest BCUT2D eigenvalue weighted by atomic mass is 9.81. The summed E-state index contributed by atoms with van der Waals surface area (Å²) in [6, 6.07) is 14.4. The van der Waals surface area contributed by atoms with Crippen LogP contribution in [0, 0.1) is 17.1 Å². The normalized spacial score (nSPS) is 19.7. The van der Waals surface area contributed by atoms with Crippen LogP contribution in [0.15, 0.2) is 42.5 Å². The van der Waals surface area contributed by atoms with Crippen molar-refractivity contribution in [3.63, 3.8) is 0 Å². The minimum atomic E-state index is -0.521. The SMILES string of the molecule is CCCCC1(c2ccc(F)cc2)OCc2cc(C#N)ccc21. The number of nitriles is 1. The second kappa shape index (κ2) is 5.90. The van der Waals surface area contributed by atoms with Crippen molar-refractivity contribution < 1.29 is 9.13 Å². The molecule has 22 heavy (non-hydrogen) atoms. The maximum Gasteiger partial charge on any atom is 0.123 e. The molecule has 0 saturated heterocycles. The summed E-state index contributed by atoms with van der Waals surface area (Å²) in [6.45, 7) is 2.64. The van der Waals surface area contributed by atoms with E-state index in [1.807, 2.05) is 18.2 Å². The van der Waals surface area contributed by atoms with Gasteiger partial charge in [-0.3, -0.25) is 0 Å². The monoisotopic (exact) mass is 295 g/mol. The summed E-state index contributed by atoms with van der Waals surface area (Å²) in [4.78, 5) is 0. The summed E-state index contributed by atoms with van der Waals surface area (Å²) in [5, 5.41) is 9.06. The van der Waals surface area contributed by atoms with E-state index in [0.717, 1.165) is 36.0 Å². The topological polar surface area (TPSA) is 33.0 Å². The van der Waals surface area contributed by atoms with Gasteiger partial charge >= 0.3 is 0 Å². The highest BCUT2D eigenvalue weighted by Crippen LogP contribution is 2.45. The molecule has 0 radical (unpaired) electrons. The minimum absolute atomic E-state index is 0.243. The number of hydrogen-bond donors (Lipinski definition) is 0. The Balaban J connectivity index is 2.10. The fraction of sp³-hybridized carbons (Fsp3) is 0.316. The van der Waals surface area contributed by atoms with Crippen molar-refractivity contribution in [1.29, 1.82) is 5.26 Å². The summed E-state index contributed by atoms with van der Waals surface area (Å²) < 4.78 is 19.5. The molecule has 3 heteroatoms. The van der Waals surface area contributed by atoms with E-state index in [-0.39, 0.29) is 5.82 Å². The Bertz CT molecular complexity index is 717. The minimum Gasteiger partial charge on any atom is -0.361 e. The summed E-state index contributed by atoms with van der Waals surface area (Å²) in [6.07, 6.45) is 2.95. The Hall–Kier alpha value is -2.18. The molecule has 1 aliphatic heterocycles. The number of benzene rings is 2. The first-order valence-electron chi connectivity index (χ1n) is 7.63. The summed E-state index contributed by atoms with van der Waals surface area (Å²) in [5.41, 5.74) is 3.26. The number of hydrogen-bond acceptors (Lipinski definition) is 2. The zero-order chi connectivity index (χ0) is 15.6. The lowest BCUT2D eigenvalue weighted by Gasteiger charge is -2.30. The van der Waals surface area contributed by atoms with Crippen molar-refractivity contribution in [2.24, 2.45) is 0 Å². The van der Waals surface area contributed by atoms with E-state index in [1.165, 1.54) is 12.1 Å². The molecule has 3 rings (SSSR count). The van der Waals surface area contributed by atoms with Crippen LogP contribution in [0.25, 0.3) is 0 Å². The van der Waals surface area contributed by atoms with Crippen LogP contribution in [-0.2, 0) is 16.9 Å². The van der Waals surface area contributed by atoms with Gasteiger partial charge in [0.25, 0.3) is 0 Å². The number of nitrogens with zero attached hydrogens (tertiary/aromatic N) is 1. The molecular weight excluding hydrogens is 277 g/mol. The molecule has 0 amide bonds. The van der Waals surface area contributed by atoms with Gasteiger partial charge < -0.3 is 4.74 Å². The van der Waals surface area contributed by atoms with E-state index in [9.17, 15) is 4.39 Å². The van der Waals surface area contributed by atoms with Crippen LogP contribution in [0.1, 0.15) is 48.4 Å². The average Bonchev–Trinajstić information content (AvgIpc) is 2.92. The third-order valence-electron chi connectivity index (χ3n) is 4.34. The second-order valence-electron chi connectivity index (χ2n) is 5.71. The zero-order valence-electron chi connectivity index (χ0n) is 12.6. The van der Waals surface area contributed by atoms with Crippen LogP contribution in [0.5, 0.6) is 0 Å². The number of unbranched alkanes of at least 4 members (excludes halogenated alkanes) is 1. The van der Waals surface area contributed by atoms with Crippen molar-refractivity contribution in [2.75, 3.05) is 0 Å². The molecule has 2 aromatic carbocycles. The highest BCUT2D eigenvalue weighted by atomic mass is 19.1.